The number of aromatic amines is 1. The number of H-pyrrole nitrogens is 1. The topological polar surface area (TPSA) is 101 Å². The second-order valence-corrected chi connectivity index (χ2v) is 4.88. The standard InChI is InChI=1S/C16H21N5O3/c1-3-5-8-24-13-7-6-12(9-14(13)23-4-2)10-17-20-15-11-18-21-16(22)19-15/h6-7,9-11H,3-5,8H2,1-2H3,(H2,19,20,21,22)/b17-10+. The number of nitrogens with one attached hydrogen (secondary N) is 2. The average molecular weight is 331 g/mol. The van der Waals surface area contributed by atoms with Gasteiger partial charge in [0.25, 0.3) is 0 Å². The van der Waals surface area contributed by atoms with E-state index in [0.29, 0.717) is 19.0 Å². The first-order chi connectivity index (χ1) is 11.7. The summed E-state index contributed by atoms with van der Waals surface area (Å²) in [7, 11) is 0. The van der Waals surface area contributed by atoms with Crippen molar-refractivity contribution in [3.8, 4) is 11.5 Å². The fourth-order valence-corrected chi connectivity index (χ4v) is 1.86. The van der Waals surface area contributed by atoms with Gasteiger partial charge in [0.1, 0.15) is 0 Å². The summed E-state index contributed by atoms with van der Waals surface area (Å²) in [6.07, 6.45) is 5.04. The van der Waals surface area contributed by atoms with Gasteiger partial charge in [0.15, 0.2) is 17.3 Å². The van der Waals surface area contributed by atoms with Gasteiger partial charge < -0.3 is 9.47 Å². The van der Waals surface area contributed by atoms with Crippen LogP contribution in [0.1, 0.15) is 32.3 Å². The highest BCUT2D eigenvalue weighted by Gasteiger charge is 2.05. The summed E-state index contributed by atoms with van der Waals surface area (Å²) in [6.45, 7) is 5.24. The molecule has 0 unspecified atom stereocenters. The normalized spacial score (nSPS) is 10.8. The van der Waals surface area contributed by atoms with Crippen LogP contribution >= 0.6 is 0 Å². The fraction of sp³-hybridized carbons (Fsp3) is 0.375. The summed E-state index contributed by atoms with van der Waals surface area (Å²) in [6, 6.07) is 5.58. The number of aromatic nitrogens is 3. The zero-order chi connectivity index (χ0) is 17.2. The molecule has 2 aromatic rings. The third-order valence-corrected chi connectivity index (χ3v) is 2.98. The quantitative estimate of drug-likeness (QED) is 0.415. The number of rotatable bonds is 9. The van der Waals surface area contributed by atoms with E-state index in [1.165, 1.54) is 6.20 Å². The number of hydrogen-bond donors (Lipinski definition) is 2. The highest BCUT2D eigenvalue weighted by molar-refractivity contribution is 5.81. The fourth-order valence-electron chi connectivity index (χ4n) is 1.86. The van der Waals surface area contributed by atoms with Crippen molar-refractivity contribution in [1.82, 2.24) is 15.2 Å². The molecule has 0 amide bonds. The minimum atomic E-state index is -0.539. The van der Waals surface area contributed by atoms with Crippen LogP contribution in [0.4, 0.5) is 5.82 Å². The molecule has 1 heterocycles. The van der Waals surface area contributed by atoms with E-state index in [1.54, 1.807) is 6.21 Å². The van der Waals surface area contributed by atoms with Gasteiger partial charge in [0, 0.05) is 0 Å². The third-order valence-electron chi connectivity index (χ3n) is 2.98. The molecular formula is C16H21N5O3. The van der Waals surface area contributed by atoms with E-state index in [4.69, 9.17) is 9.47 Å². The van der Waals surface area contributed by atoms with Crippen molar-refractivity contribution in [3.05, 3.63) is 40.4 Å². The Bertz CT molecular complexity index is 730. The van der Waals surface area contributed by atoms with E-state index in [1.807, 2.05) is 25.1 Å². The van der Waals surface area contributed by atoms with Gasteiger partial charge in [0.05, 0.1) is 25.6 Å². The third kappa shape index (κ3) is 5.38. The maximum absolute atomic E-state index is 11.0. The molecule has 0 radical (unpaired) electrons. The van der Waals surface area contributed by atoms with Crippen LogP contribution in [0.2, 0.25) is 0 Å². The molecule has 0 fully saturated rings. The lowest BCUT2D eigenvalue weighted by atomic mass is 10.2. The van der Waals surface area contributed by atoms with E-state index in [0.717, 1.165) is 24.2 Å². The molecule has 8 heteroatoms. The van der Waals surface area contributed by atoms with Crippen molar-refractivity contribution in [3.63, 3.8) is 0 Å². The van der Waals surface area contributed by atoms with Crippen LogP contribution < -0.4 is 20.6 Å². The second-order valence-electron chi connectivity index (χ2n) is 4.88. The van der Waals surface area contributed by atoms with Crippen molar-refractivity contribution in [1.29, 1.82) is 0 Å². The SMILES string of the molecule is CCCCOc1ccc(/C=N/Nc2cn[nH]c(=O)n2)cc1OCC. The van der Waals surface area contributed by atoms with Gasteiger partial charge >= 0.3 is 5.69 Å². The molecule has 1 aromatic carbocycles. The summed E-state index contributed by atoms with van der Waals surface area (Å²) in [4.78, 5) is 14.7. The van der Waals surface area contributed by atoms with Gasteiger partial charge in [-0.25, -0.2) is 9.89 Å². The summed E-state index contributed by atoms with van der Waals surface area (Å²) < 4.78 is 11.3. The first kappa shape index (κ1) is 17.5. The number of hydrogen-bond acceptors (Lipinski definition) is 7. The molecule has 0 saturated heterocycles. The number of benzene rings is 1. The van der Waals surface area contributed by atoms with E-state index >= 15 is 0 Å². The molecule has 0 atom stereocenters. The molecular weight excluding hydrogens is 310 g/mol. The second kappa shape index (κ2) is 9.29. The Balaban J connectivity index is 2.05. The minimum absolute atomic E-state index is 0.263. The Kier molecular flexibility index (Phi) is 6.75. The molecule has 2 N–H and O–H groups in total. The van der Waals surface area contributed by atoms with Gasteiger partial charge in [-0.15, -0.1) is 0 Å². The number of ether oxygens (including phenoxy) is 2. The number of nitrogens with zero attached hydrogens (tertiary/aromatic N) is 3. The predicted molar refractivity (Wildman–Crippen MR) is 91.9 cm³/mol. The largest absolute Gasteiger partial charge is 0.490 e. The van der Waals surface area contributed by atoms with Crippen molar-refractivity contribution >= 4 is 12.0 Å². The zero-order valence-electron chi connectivity index (χ0n) is 13.8. The first-order valence-electron chi connectivity index (χ1n) is 7.83. The molecule has 0 saturated carbocycles. The van der Waals surface area contributed by atoms with Crippen LogP contribution in [0, 0.1) is 0 Å². The monoisotopic (exact) mass is 331 g/mol. The molecule has 0 bridgehead atoms. The van der Waals surface area contributed by atoms with Gasteiger partial charge in [-0.05, 0) is 37.1 Å². The van der Waals surface area contributed by atoms with Crippen molar-refractivity contribution in [2.75, 3.05) is 18.6 Å². The molecule has 8 nitrogen and oxygen atoms in total. The average Bonchev–Trinajstić information content (AvgIpc) is 2.57. The van der Waals surface area contributed by atoms with E-state index in [-0.39, 0.29) is 5.82 Å². The van der Waals surface area contributed by atoms with Crippen molar-refractivity contribution < 1.29 is 9.47 Å². The lowest BCUT2D eigenvalue weighted by Gasteiger charge is -2.12. The van der Waals surface area contributed by atoms with Gasteiger partial charge in [-0.3, -0.25) is 5.43 Å². The van der Waals surface area contributed by atoms with E-state index < -0.39 is 5.69 Å². The van der Waals surface area contributed by atoms with Crippen LogP contribution in [-0.4, -0.2) is 34.6 Å². The maximum atomic E-state index is 11.0. The molecule has 0 aliphatic carbocycles. The summed E-state index contributed by atoms with van der Waals surface area (Å²) in [5, 5.41) is 9.84. The molecule has 24 heavy (non-hydrogen) atoms. The Hall–Kier alpha value is -2.90. The number of unbranched alkanes of at least 4 members (excludes halogenated alkanes) is 1. The predicted octanol–water partition coefficient (Wildman–Crippen LogP) is 2.19. The van der Waals surface area contributed by atoms with Crippen molar-refractivity contribution in [2.45, 2.75) is 26.7 Å². The van der Waals surface area contributed by atoms with E-state index in [9.17, 15) is 4.79 Å². The van der Waals surface area contributed by atoms with Gasteiger partial charge in [0.2, 0.25) is 0 Å². The number of hydrazone groups is 1. The lowest BCUT2D eigenvalue weighted by molar-refractivity contribution is 0.272. The summed E-state index contributed by atoms with van der Waals surface area (Å²) in [5.74, 6) is 1.66. The lowest BCUT2D eigenvalue weighted by Crippen LogP contribution is -2.13. The minimum Gasteiger partial charge on any atom is -0.490 e. The zero-order valence-corrected chi connectivity index (χ0v) is 13.8. The van der Waals surface area contributed by atoms with Crippen LogP contribution in [0.15, 0.2) is 34.3 Å². The Labute approximate surface area is 139 Å². The highest BCUT2D eigenvalue weighted by Crippen LogP contribution is 2.28. The Morgan fingerprint density at radius 2 is 2.17 bits per heavy atom. The molecule has 128 valence electrons. The Morgan fingerprint density at radius 1 is 1.29 bits per heavy atom. The number of anilines is 1. The van der Waals surface area contributed by atoms with E-state index in [2.05, 4.69) is 32.6 Å². The van der Waals surface area contributed by atoms with Gasteiger partial charge in [-0.1, -0.05) is 13.3 Å². The van der Waals surface area contributed by atoms with Crippen LogP contribution in [0.25, 0.3) is 0 Å². The molecule has 0 aliphatic rings. The molecule has 2 rings (SSSR count). The van der Waals surface area contributed by atoms with Crippen molar-refractivity contribution in [2.24, 2.45) is 5.10 Å². The highest BCUT2D eigenvalue weighted by atomic mass is 16.5. The first-order valence-corrected chi connectivity index (χ1v) is 7.83. The Morgan fingerprint density at radius 3 is 2.92 bits per heavy atom. The van der Waals surface area contributed by atoms with Gasteiger partial charge in [-0.2, -0.15) is 15.2 Å². The maximum Gasteiger partial charge on any atom is 0.363 e. The van der Waals surface area contributed by atoms with Crippen LogP contribution in [-0.2, 0) is 0 Å². The smallest absolute Gasteiger partial charge is 0.363 e. The van der Waals surface area contributed by atoms with Crippen LogP contribution in [0.3, 0.4) is 0 Å². The molecule has 0 spiro atoms. The van der Waals surface area contributed by atoms with Crippen LogP contribution in [0.5, 0.6) is 11.5 Å². The molecule has 1 aromatic heterocycles. The molecule has 0 aliphatic heterocycles. The summed E-state index contributed by atoms with van der Waals surface area (Å²) in [5.41, 5.74) is 2.93. The summed E-state index contributed by atoms with van der Waals surface area (Å²) >= 11 is 0.